The van der Waals surface area contributed by atoms with Crippen LogP contribution in [0.5, 0.6) is 0 Å². The van der Waals surface area contributed by atoms with E-state index in [4.69, 9.17) is 0 Å². The molecular weight excluding hydrogens is 242 g/mol. The molecule has 2 bridgehead atoms. The molecule has 1 aromatic rings. The van der Waals surface area contributed by atoms with Gasteiger partial charge in [0, 0.05) is 12.1 Å². The maximum atomic E-state index is 4.01. The molecule has 0 amide bonds. The highest BCUT2D eigenvalue weighted by Crippen LogP contribution is 2.65. The standard InChI is InChI=1S/C19H29N/c1-5-16(14-9-7-6-8-10-14)20-17-13-15-11-12-19(17,4)18(15,2)3/h6-10,15-17,20H,5,11-13H2,1-4H3. The van der Waals surface area contributed by atoms with Crippen molar-refractivity contribution in [2.45, 2.75) is 65.5 Å². The van der Waals surface area contributed by atoms with Crippen molar-refractivity contribution in [3.05, 3.63) is 35.9 Å². The molecule has 110 valence electrons. The lowest BCUT2D eigenvalue weighted by molar-refractivity contribution is 0.114. The summed E-state index contributed by atoms with van der Waals surface area (Å²) in [6, 6.07) is 12.1. The second-order valence-electron chi connectivity index (χ2n) is 7.70. The molecule has 2 aliphatic carbocycles. The first-order chi connectivity index (χ1) is 9.49. The highest BCUT2D eigenvalue weighted by atomic mass is 15.0. The van der Waals surface area contributed by atoms with Gasteiger partial charge in [-0.05, 0) is 48.0 Å². The molecule has 1 heteroatoms. The van der Waals surface area contributed by atoms with Crippen LogP contribution in [0, 0.1) is 16.7 Å². The summed E-state index contributed by atoms with van der Waals surface area (Å²) in [5, 5.41) is 4.01. The lowest BCUT2D eigenvalue weighted by Gasteiger charge is -2.41. The summed E-state index contributed by atoms with van der Waals surface area (Å²) in [4.78, 5) is 0. The van der Waals surface area contributed by atoms with E-state index in [0.717, 1.165) is 5.92 Å². The molecular formula is C19H29N. The summed E-state index contributed by atoms with van der Waals surface area (Å²) in [6.07, 6.45) is 5.37. The van der Waals surface area contributed by atoms with E-state index >= 15 is 0 Å². The van der Waals surface area contributed by atoms with Crippen LogP contribution in [-0.2, 0) is 0 Å². The normalized spacial score (nSPS) is 36.2. The quantitative estimate of drug-likeness (QED) is 0.817. The summed E-state index contributed by atoms with van der Waals surface area (Å²) >= 11 is 0. The molecule has 4 atom stereocenters. The van der Waals surface area contributed by atoms with Gasteiger partial charge in [0.15, 0.2) is 0 Å². The fourth-order valence-electron chi connectivity index (χ4n) is 4.83. The van der Waals surface area contributed by atoms with Crippen molar-refractivity contribution in [2.75, 3.05) is 0 Å². The second kappa shape index (κ2) is 4.87. The Kier molecular flexibility index (Phi) is 3.44. The Bertz CT molecular complexity index is 464. The molecule has 1 aromatic carbocycles. The maximum absolute atomic E-state index is 4.01. The van der Waals surface area contributed by atoms with Crippen LogP contribution in [-0.4, -0.2) is 6.04 Å². The Morgan fingerprint density at radius 1 is 1.20 bits per heavy atom. The molecule has 1 N–H and O–H groups in total. The van der Waals surface area contributed by atoms with Crippen LogP contribution in [0.3, 0.4) is 0 Å². The van der Waals surface area contributed by atoms with Crippen molar-refractivity contribution in [2.24, 2.45) is 16.7 Å². The number of hydrogen-bond acceptors (Lipinski definition) is 1. The summed E-state index contributed by atoms with van der Waals surface area (Å²) in [7, 11) is 0. The summed E-state index contributed by atoms with van der Waals surface area (Å²) in [6.45, 7) is 9.81. The Morgan fingerprint density at radius 2 is 1.90 bits per heavy atom. The lowest BCUT2D eigenvalue weighted by Crippen LogP contribution is -2.45. The Labute approximate surface area is 124 Å². The lowest BCUT2D eigenvalue weighted by atomic mass is 9.69. The Morgan fingerprint density at radius 3 is 2.40 bits per heavy atom. The average molecular weight is 271 g/mol. The highest BCUT2D eigenvalue weighted by Gasteiger charge is 2.61. The first-order valence-electron chi connectivity index (χ1n) is 8.30. The third kappa shape index (κ3) is 1.94. The van der Waals surface area contributed by atoms with Gasteiger partial charge in [0.05, 0.1) is 0 Å². The maximum Gasteiger partial charge on any atom is 0.0320 e. The van der Waals surface area contributed by atoms with E-state index in [1.807, 2.05) is 0 Å². The van der Waals surface area contributed by atoms with Crippen LogP contribution in [0.25, 0.3) is 0 Å². The van der Waals surface area contributed by atoms with E-state index in [9.17, 15) is 0 Å². The first-order valence-corrected chi connectivity index (χ1v) is 8.30. The molecule has 20 heavy (non-hydrogen) atoms. The Hall–Kier alpha value is -0.820. The molecule has 2 fully saturated rings. The zero-order valence-electron chi connectivity index (χ0n) is 13.4. The van der Waals surface area contributed by atoms with Gasteiger partial charge in [0.2, 0.25) is 0 Å². The zero-order valence-corrected chi connectivity index (χ0v) is 13.4. The van der Waals surface area contributed by atoms with Crippen LogP contribution in [0.4, 0.5) is 0 Å². The van der Waals surface area contributed by atoms with Crippen molar-refractivity contribution in [3.8, 4) is 0 Å². The van der Waals surface area contributed by atoms with E-state index in [1.165, 1.54) is 31.2 Å². The molecule has 3 rings (SSSR count). The van der Waals surface area contributed by atoms with Gasteiger partial charge in [-0.3, -0.25) is 0 Å². The Balaban J connectivity index is 1.79. The molecule has 2 saturated carbocycles. The molecule has 1 nitrogen and oxygen atoms in total. The SMILES string of the molecule is CCC(NC1CC2CCC1(C)C2(C)C)c1ccccc1. The average Bonchev–Trinajstić information content (AvgIpc) is 2.78. The fraction of sp³-hybridized carbons (Fsp3) is 0.684. The van der Waals surface area contributed by atoms with E-state index in [0.29, 0.717) is 22.9 Å². The summed E-state index contributed by atoms with van der Waals surface area (Å²) in [5.41, 5.74) is 2.42. The molecule has 0 radical (unpaired) electrons. The number of rotatable bonds is 4. The van der Waals surface area contributed by atoms with Crippen LogP contribution >= 0.6 is 0 Å². The number of nitrogens with one attached hydrogen (secondary N) is 1. The monoisotopic (exact) mass is 271 g/mol. The van der Waals surface area contributed by atoms with Crippen molar-refractivity contribution in [1.29, 1.82) is 0 Å². The van der Waals surface area contributed by atoms with Crippen LogP contribution in [0.15, 0.2) is 30.3 Å². The van der Waals surface area contributed by atoms with Crippen LogP contribution in [0.2, 0.25) is 0 Å². The minimum atomic E-state index is 0.472. The minimum Gasteiger partial charge on any atom is -0.307 e. The number of fused-ring (bicyclic) bond motifs is 2. The van der Waals surface area contributed by atoms with Crippen molar-refractivity contribution < 1.29 is 0 Å². The van der Waals surface area contributed by atoms with E-state index in [2.05, 4.69) is 63.3 Å². The van der Waals surface area contributed by atoms with Gasteiger partial charge in [-0.2, -0.15) is 0 Å². The second-order valence-corrected chi connectivity index (χ2v) is 7.70. The first kappa shape index (κ1) is 14.1. The van der Waals surface area contributed by atoms with Crippen LogP contribution in [0.1, 0.15) is 65.0 Å². The summed E-state index contributed by atoms with van der Waals surface area (Å²) in [5.74, 6) is 0.915. The third-order valence-electron chi connectivity index (χ3n) is 6.81. The van der Waals surface area contributed by atoms with E-state index in [-0.39, 0.29) is 0 Å². The predicted octanol–water partition coefficient (Wildman–Crippen LogP) is 4.94. The van der Waals surface area contributed by atoms with Crippen LogP contribution < -0.4 is 5.32 Å². The smallest absolute Gasteiger partial charge is 0.0320 e. The van der Waals surface area contributed by atoms with Gasteiger partial charge in [0.1, 0.15) is 0 Å². The number of benzene rings is 1. The number of hydrogen-bond donors (Lipinski definition) is 1. The van der Waals surface area contributed by atoms with E-state index < -0.39 is 0 Å². The topological polar surface area (TPSA) is 12.0 Å². The van der Waals surface area contributed by atoms with E-state index in [1.54, 1.807) is 0 Å². The van der Waals surface area contributed by atoms with Gasteiger partial charge in [-0.25, -0.2) is 0 Å². The van der Waals surface area contributed by atoms with Gasteiger partial charge in [0.25, 0.3) is 0 Å². The van der Waals surface area contributed by atoms with Gasteiger partial charge in [-0.15, -0.1) is 0 Å². The highest BCUT2D eigenvalue weighted by molar-refractivity contribution is 5.20. The van der Waals surface area contributed by atoms with Crippen molar-refractivity contribution >= 4 is 0 Å². The van der Waals surface area contributed by atoms with Crippen molar-refractivity contribution in [1.82, 2.24) is 5.32 Å². The fourth-order valence-corrected chi connectivity index (χ4v) is 4.83. The minimum absolute atomic E-state index is 0.472. The largest absolute Gasteiger partial charge is 0.307 e. The van der Waals surface area contributed by atoms with Gasteiger partial charge >= 0.3 is 0 Å². The molecule has 0 spiro atoms. The molecule has 2 aliphatic rings. The van der Waals surface area contributed by atoms with Crippen molar-refractivity contribution in [3.63, 3.8) is 0 Å². The zero-order chi connectivity index (χ0) is 14.4. The molecule has 0 heterocycles. The summed E-state index contributed by atoms with van der Waals surface area (Å²) < 4.78 is 0. The molecule has 0 saturated heterocycles. The molecule has 4 unspecified atom stereocenters. The molecule has 0 aliphatic heterocycles. The van der Waals surface area contributed by atoms with Gasteiger partial charge < -0.3 is 5.32 Å². The third-order valence-corrected chi connectivity index (χ3v) is 6.81. The van der Waals surface area contributed by atoms with Gasteiger partial charge in [-0.1, -0.05) is 58.0 Å². The molecule has 0 aromatic heterocycles. The predicted molar refractivity (Wildman–Crippen MR) is 85.6 cm³/mol.